The summed E-state index contributed by atoms with van der Waals surface area (Å²) in [7, 11) is 2.73. The number of ether oxygens (including phenoxy) is 1. The number of carbonyl (C=O) groups excluding carboxylic acids is 1. The van der Waals surface area contributed by atoms with Gasteiger partial charge in [-0.15, -0.1) is 9.24 Å². The second-order valence-corrected chi connectivity index (χ2v) is 8.34. The Hall–Kier alpha value is -3.77. The highest BCUT2D eigenvalue weighted by Crippen LogP contribution is 2.31. The zero-order chi connectivity index (χ0) is 26.7. The first-order valence-electron chi connectivity index (χ1n) is 11.6. The zero-order valence-electron chi connectivity index (χ0n) is 21.4. The average Bonchev–Trinajstić information content (AvgIpc) is 3.27. The summed E-state index contributed by atoms with van der Waals surface area (Å²) >= 11 is 0. The van der Waals surface area contributed by atoms with Gasteiger partial charge in [0.05, 0.1) is 11.2 Å². The molecule has 2 aromatic rings. The third kappa shape index (κ3) is 6.89. The smallest absolute Gasteiger partial charge is 0.246 e. The lowest BCUT2D eigenvalue weighted by molar-refractivity contribution is -0.126. The van der Waals surface area contributed by atoms with E-state index in [2.05, 4.69) is 32.4 Å². The molecular formula is C27H35N6O2P. The van der Waals surface area contributed by atoms with Crippen molar-refractivity contribution >= 4 is 37.6 Å². The first-order chi connectivity index (χ1) is 17.3. The van der Waals surface area contributed by atoms with E-state index in [0.717, 1.165) is 5.57 Å². The van der Waals surface area contributed by atoms with Gasteiger partial charge in [0.1, 0.15) is 29.4 Å². The van der Waals surface area contributed by atoms with E-state index in [1.165, 1.54) is 12.4 Å². The summed E-state index contributed by atoms with van der Waals surface area (Å²) in [4.78, 5) is 22.5. The van der Waals surface area contributed by atoms with Gasteiger partial charge in [-0.05, 0) is 69.7 Å². The van der Waals surface area contributed by atoms with E-state index in [1.54, 1.807) is 21.7 Å². The SMILES string of the molecule is C=C/C=C(\C=C/C)OC(/C=C\C(=C/C)c1nn([C@@H](P)CN(CC)C(=O)C=C)c2ncnc(N)c12)=C/C. The van der Waals surface area contributed by atoms with E-state index >= 15 is 0 Å². The summed E-state index contributed by atoms with van der Waals surface area (Å²) in [6, 6.07) is 0. The van der Waals surface area contributed by atoms with Crippen molar-refractivity contribution < 1.29 is 9.53 Å². The number of hydrogen-bond acceptors (Lipinski definition) is 6. The Morgan fingerprint density at radius 1 is 1.19 bits per heavy atom. The summed E-state index contributed by atoms with van der Waals surface area (Å²) in [5.41, 5.74) is 8.31. The van der Waals surface area contributed by atoms with Gasteiger partial charge in [-0.25, -0.2) is 14.6 Å². The molecule has 0 aromatic carbocycles. The van der Waals surface area contributed by atoms with Crippen molar-refractivity contribution in [1.82, 2.24) is 24.6 Å². The number of likely N-dealkylation sites (N-methyl/N-ethyl adjacent to an activating group) is 1. The van der Waals surface area contributed by atoms with Gasteiger partial charge < -0.3 is 15.4 Å². The first-order valence-corrected chi connectivity index (χ1v) is 12.3. The molecule has 9 heteroatoms. The maximum absolute atomic E-state index is 12.2. The van der Waals surface area contributed by atoms with Crippen LogP contribution in [0.25, 0.3) is 16.6 Å². The van der Waals surface area contributed by atoms with Crippen molar-refractivity contribution in [3.8, 4) is 0 Å². The molecule has 0 saturated heterocycles. The van der Waals surface area contributed by atoms with Crippen molar-refractivity contribution in [2.45, 2.75) is 33.5 Å². The molecule has 0 aliphatic heterocycles. The molecule has 1 amide bonds. The topological polar surface area (TPSA) is 99.2 Å². The molecule has 8 nitrogen and oxygen atoms in total. The Labute approximate surface area is 215 Å². The van der Waals surface area contributed by atoms with E-state index in [-0.39, 0.29) is 11.7 Å². The molecular weight excluding hydrogens is 471 g/mol. The highest BCUT2D eigenvalue weighted by Gasteiger charge is 2.22. The van der Waals surface area contributed by atoms with Gasteiger partial charge in [-0.1, -0.05) is 31.4 Å². The maximum Gasteiger partial charge on any atom is 0.246 e. The number of fused-ring (bicyclic) bond motifs is 1. The molecule has 0 radical (unpaired) electrons. The minimum absolute atomic E-state index is 0.144. The number of anilines is 1. The van der Waals surface area contributed by atoms with Gasteiger partial charge in [-0.2, -0.15) is 5.10 Å². The van der Waals surface area contributed by atoms with Crippen LogP contribution in [0.4, 0.5) is 5.82 Å². The number of rotatable bonds is 12. The Morgan fingerprint density at radius 3 is 2.53 bits per heavy atom. The molecule has 0 aliphatic carbocycles. The predicted molar refractivity (Wildman–Crippen MR) is 152 cm³/mol. The number of nitrogens with two attached hydrogens (primary N) is 1. The van der Waals surface area contributed by atoms with Crippen molar-refractivity contribution in [2.24, 2.45) is 0 Å². The normalized spacial score (nSPS) is 14.0. The van der Waals surface area contributed by atoms with Gasteiger partial charge in [-0.3, -0.25) is 4.79 Å². The van der Waals surface area contributed by atoms with Crippen LogP contribution >= 0.6 is 9.24 Å². The summed E-state index contributed by atoms with van der Waals surface area (Å²) in [6.07, 6.45) is 17.5. The number of allylic oxidation sites excluding steroid dienone is 9. The van der Waals surface area contributed by atoms with Crippen molar-refractivity contribution in [3.05, 3.63) is 91.4 Å². The molecule has 0 fully saturated rings. The molecule has 2 aromatic heterocycles. The fraction of sp³-hybridized carbons (Fsp3) is 0.259. The standard InChI is InChI=1S/C27H35N6O2P/c1-7-13-21(14-8-2)35-20(10-4)16-15-19(9-3)25-24-26(28)29-18-30-27(24)33(31-25)23(36)17-32(12-6)22(34)11-5/h7-11,13-16,18,23H,1,5,12,17,36H2,2-4,6H3,(H2,28,29,30)/b14-8-,16-15-,19-9+,20-10+,21-13+/t23-/m0/s1. The minimum Gasteiger partial charge on any atom is -0.458 e. The summed E-state index contributed by atoms with van der Waals surface area (Å²) < 4.78 is 7.74. The molecule has 36 heavy (non-hydrogen) atoms. The zero-order valence-corrected chi connectivity index (χ0v) is 22.5. The van der Waals surface area contributed by atoms with Crippen LogP contribution in [0.5, 0.6) is 0 Å². The molecule has 2 heterocycles. The van der Waals surface area contributed by atoms with Gasteiger partial charge >= 0.3 is 0 Å². The van der Waals surface area contributed by atoms with Gasteiger partial charge in [0, 0.05) is 13.1 Å². The van der Waals surface area contributed by atoms with Crippen LogP contribution < -0.4 is 5.73 Å². The fourth-order valence-electron chi connectivity index (χ4n) is 3.45. The predicted octanol–water partition coefficient (Wildman–Crippen LogP) is 5.34. The van der Waals surface area contributed by atoms with Crippen LogP contribution in [0.3, 0.4) is 0 Å². The van der Waals surface area contributed by atoms with Crippen molar-refractivity contribution in [2.75, 3.05) is 18.8 Å². The number of amides is 1. The molecule has 2 N–H and O–H groups in total. The summed E-state index contributed by atoms with van der Waals surface area (Å²) in [6.45, 7) is 15.9. The number of hydrogen-bond donors (Lipinski definition) is 1. The third-order valence-electron chi connectivity index (χ3n) is 5.25. The van der Waals surface area contributed by atoms with E-state index in [4.69, 9.17) is 15.6 Å². The van der Waals surface area contributed by atoms with E-state index in [1.807, 2.05) is 64.2 Å². The Kier molecular flexibility index (Phi) is 11.0. The minimum atomic E-state index is -0.247. The fourth-order valence-corrected chi connectivity index (χ4v) is 3.91. The quantitative estimate of drug-likeness (QED) is 0.181. The lowest BCUT2D eigenvalue weighted by Crippen LogP contribution is -2.33. The largest absolute Gasteiger partial charge is 0.458 e. The van der Waals surface area contributed by atoms with Gasteiger partial charge in [0.15, 0.2) is 5.65 Å². The molecule has 0 aliphatic rings. The summed E-state index contributed by atoms with van der Waals surface area (Å²) in [5, 5.41) is 5.49. The maximum atomic E-state index is 12.2. The van der Waals surface area contributed by atoms with Gasteiger partial charge in [0.25, 0.3) is 0 Å². The number of nitrogen functional groups attached to an aromatic ring is 1. The molecule has 0 saturated carbocycles. The molecule has 190 valence electrons. The highest BCUT2D eigenvalue weighted by molar-refractivity contribution is 7.16. The molecule has 0 bridgehead atoms. The van der Waals surface area contributed by atoms with Crippen LogP contribution in [0.1, 0.15) is 39.2 Å². The average molecular weight is 507 g/mol. The monoisotopic (exact) mass is 506 g/mol. The Morgan fingerprint density at radius 2 is 1.94 bits per heavy atom. The molecule has 1 unspecified atom stereocenters. The molecule has 0 spiro atoms. The lowest BCUT2D eigenvalue weighted by atomic mass is 10.1. The Bertz CT molecular complexity index is 1250. The molecule has 2 atom stereocenters. The first kappa shape index (κ1) is 28.5. The van der Waals surface area contributed by atoms with Crippen LogP contribution in [0, 0.1) is 0 Å². The number of aromatic nitrogens is 4. The van der Waals surface area contributed by atoms with E-state index in [9.17, 15) is 4.79 Å². The number of nitrogens with zero attached hydrogens (tertiary/aromatic N) is 5. The van der Waals surface area contributed by atoms with Gasteiger partial charge in [0.2, 0.25) is 5.91 Å². The highest BCUT2D eigenvalue weighted by atomic mass is 31.0. The van der Waals surface area contributed by atoms with Crippen LogP contribution in [-0.2, 0) is 9.53 Å². The second kappa shape index (κ2) is 14.0. The Balaban J connectivity index is 2.49. The van der Waals surface area contributed by atoms with Crippen molar-refractivity contribution in [3.63, 3.8) is 0 Å². The number of carbonyl (C=O) groups is 1. The third-order valence-corrected chi connectivity index (χ3v) is 5.75. The summed E-state index contributed by atoms with van der Waals surface area (Å²) in [5.74, 6) is 1.25. The van der Waals surface area contributed by atoms with Crippen molar-refractivity contribution in [1.29, 1.82) is 0 Å². The van der Waals surface area contributed by atoms with Crippen LogP contribution in [0.2, 0.25) is 0 Å². The van der Waals surface area contributed by atoms with Crippen LogP contribution in [-0.4, -0.2) is 43.6 Å². The second-order valence-electron chi connectivity index (χ2n) is 7.57. The van der Waals surface area contributed by atoms with E-state index < -0.39 is 0 Å². The van der Waals surface area contributed by atoms with E-state index in [0.29, 0.717) is 47.2 Å². The molecule has 2 rings (SSSR count). The lowest BCUT2D eigenvalue weighted by Gasteiger charge is -2.23. The van der Waals surface area contributed by atoms with Crippen LogP contribution in [0.15, 0.2) is 85.7 Å².